The van der Waals surface area contributed by atoms with Crippen LogP contribution >= 0.6 is 15.9 Å². The summed E-state index contributed by atoms with van der Waals surface area (Å²) in [6, 6.07) is 2.18. The average Bonchev–Trinajstić information content (AvgIpc) is 2.42. The van der Waals surface area contributed by atoms with Gasteiger partial charge in [0.25, 0.3) is 0 Å². The quantitative estimate of drug-likeness (QED) is 0.774. The van der Waals surface area contributed by atoms with Crippen LogP contribution in [0.25, 0.3) is 0 Å². The first-order chi connectivity index (χ1) is 9.76. The molecule has 0 bridgehead atoms. The molecule has 4 heteroatoms. The number of hydrogen-bond acceptors (Lipinski definition) is 3. The van der Waals surface area contributed by atoms with E-state index < -0.39 is 0 Å². The minimum absolute atomic E-state index is 0.105. The summed E-state index contributed by atoms with van der Waals surface area (Å²) in [6.07, 6.45) is 3.10. The number of nitrogens with one attached hydrogen (secondary N) is 1. The molecule has 0 spiro atoms. The molecule has 3 nitrogen and oxygen atoms in total. The van der Waals surface area contributed by atoms with E-state index in [2.05, 4.69) is 78.7 Å². The van der Waals surface area contributed by atoms with Gasteiger partial charge in [-0.15, -0.1) is 0 Å². The Kier molecular flexibility index (Phi) is 7.14. The zero-order valence-electron chi connectivity index (χ0n) is 14.3. The maximum absolute atomic E-state index is 4.68. The Labute approximate surface area is 138 Å². The third kappa shape index (κ3) is 6.35. The monoisotopic (exact) mass is 355 g/mol. The minimum Gasteiger partial charge on any atom is -0.356 e. The van der Waals surface area contributed by atoms with E-state index in [1.54, 1.807) is 0 Å². The fourth-order valence-electron chi connectivity index (χ4n) is 2.12. The Morgan fingerprint density at radius 1 is 1.33 bits per heavy atom. The summed E-state index contributed by atoms with van der Waals surface area (Å²) in [5.41, 5.74) is 1.36. The molecule has 1 heterocycles. The Morgan fingerprint density at radius 2 is 2.00 bits per heavy atom. The van der Waals surface area contributed by atoms with Crippen molar-refractivity contribution in [2.45, 2.75) is 60.0 Å². The lowest BCUT2D eigenvalue weighted by molar-refractivity contribution is 0.423. The van der Waals surface area contributed by atoms with Crippen molar-refractivity contribution in [3.63, 3.8) is 0 Å². The maximum atomic E-state index is 4.68. The van der Waals surface area contributed by atoms with E-state index in [-0.39, 0.29) is 5.54 Å². The van der Waals surface area contributed by atoms with Crippen LogP contribution in [0.4, 0.5) is 5.82 Å². The summed E-state index contributed by atoms with van der Waals surface area (Å²) in [6.45, 7) is 16.2. The molecular formula is C17H30BrN3. The zero-order chi connectivity index (χ0) is 16.0. The van der Waals surface area contributed by atoms with E-state index in [4.69, 9.17) is 0 Å². The molecule has 1 unspecified atom stereocenters. The van der Waals surface area contributed by atoms with Gasteiger partial charge in [0, 0.05) is 41.4 Å². The van der Waals surface area contributed by atoms with Crippen LogP contribution in [0.5, 0.6) is 0 Å². The summed E-state index contributed by atoms with van der Waals surface area (Å²) in [5, 5.41) is 3.56. The molecule has 1 rings (SSSR count). The number of aromatic nitrogens is 1. The SMILES string of the molecule is CCC(C)CN(CC)c1ncc(Br)cc1CNC(C)(C)C. The highest BCUT2D eigenvalue weighted by molar-refractivity contribution is 9.10. The van der Waals surface area contributed by atoms with Gasteiger partial charge in [-0.05, 0) is 55.6 Å². The average molecular weight is 356 g/mol. The molecule has 1 aromatic rings. The molecule has 0 aliphatic heterocycles. The van der Waals surface area contributed by atoms with Gasteiger partial charge in [0.1, 0.15) is 5.82 Å². The van der Waals surface area contributed by atoms with Crippen molar-refractivity contribution in [1.82, 2.24) is 10.3 Å². The molecule has 0 saturated heterocycles. The van der Waals surface area contributed by atoms with Crippen molar-refractivity contribution in [2.24, 2.45) is 5.92 Å². The van der Waals surface area contributed by atoms with Gasteiger partial charge in [-0.25, -0.2) is 4.98 Å². The molecule has 0 aliphatic carbocycles. The van der Waals surface area contributed by atoms with Crippen molar-refractivity contribution >= 4 is 21.7 Å². The molecule has 21 heavy (non-hydrogen) atoms. The number of anilines is 1. The summed E-state index contributed by atoms with van der Waals surface area (Å²) < 4.78 is 1.04. The first kappa shape index (κ1) is 18.4. The molecule has 0 fully saturated rings. The lowest BCUT2D eigenvalue weighted by Crippen LogP contribution is -2.36. The molecule has 0 aromatic carbocycles. The van der Waals surface area contributed by atoms with Crippen molar-refractivity contribution < 1.29 is 0 Å². The summed E-state index contributed by atoms with van der Waals surface area (Å²) >= 11 is 3.54. The molecule has 1 atom stereocenters. The van der Waals surface area contributed by atoms with E-state index in [0.29, 0.717) is 5.92 Å². The smallest absolute Gasteiger partial charge is 0.133 e. The van der Waals surface area contributed by atoms with Crippen LogP contribution in [-0.2, 0) is 6.54 Å². The molecule has 1 aromatic heterocycles. The highest BCUT2D eigenvalue weighted by atomic mass is 79.9. The zero-order valence-corrected chi connectivity index (χ0v) is 15.9. The summed E-state index contributed by atoms with van der Waals surface area (Å²) in [5.74, 6) is 1.79. The molecule has 120 valence electrons. The molecule has 1 N–H and O–H groups in total. The Bertz CT molecular complexity index is 440. The number of pyridine rings is 1. The fraction of sp³-hybridized carbons (Fsp3) is 0.706. The topological polar surface area (TPSA) is 28.2 Å². The van der Waals surface area contributed by atoms with Gasteiger partial charge >= 0.3 is 0 Å². The van der Waals surface area contributed by atoms with Crippen molar-refractivity contribution in [2.75, 3.05) is 18.0 Å². The Morgan fingerprint density at radius 3 is 2.52 bits per heavy atom. The van der Waals surface area contributed by atoms with E-state index in [1.165, 1.54) is 12.0 Å². The predicted octanol–water partition coefficient (Wildman–Crippen LogP) is 4.60. The van der Waals surface area contributed by atoms with Gasteiger partial charge < -0.3 is 10.2 Å². The van der Waals surface area contributed by atoms with Crippen LogP contribution < -0.4 is 10.2 Å². The first-order valence-electron chi connectivity index (χ1n) is 7.91. The Hall–Kier alpha value is -0.610. The Balaban J connectivity index is 2.98. The minimum atomic E-state index is 0.105. The van der Waals surface area contributed by atoms with E-state index in [1.807, 2.05) is 6.20 Å². The second kappa shape index (κ2) is 8.14. The fourth-order valence-corrected chi connectivity index (χ4v) is 2.50. The van der Waals surface area contributed by atoms with Gasteiger partial charge in [0.2, 0.25) is 0 Å². The van der Waals surface area contributed by atoms with Crippen molar-refractivity contribution in [1.29, 1.82) is 0 Å². The highest BCUT2D eigenvalue weighted by Gasteiger charge is 2.16. The van der Waals surface area contributed by atoms with E-state index in [0.717, 1.165) is 29.9 Å². The van der Waals surface area contributed by atoms with Gasteiger partial charge in [-0.3, -0.25) is 0 Å². The van der Waals surface area contributed by atoms with Crippen LogP contribution in [0.1, 0.15) is 53.5 Å². The summed E-state index contributed by atoms with van der Waals surface area (Å²) in [4.78, 5) is 7.07. The van der Waals surface area contributed by atoms with E-state index >= 15 is 0 Å². The highest BCUT2D eigenvalue weighted by Crippen LogP contribution is 2.23. The third-order valence-electron chi connectivity index (χ3n) is 3.63. The van der Waals surface area contributed by atoms with Crippen molar-refractivity contribution in [3.05, 3.63) is 22.3 Å². The lowest BCUT2D eigenvalue weighted by Gasteiger charge is -2.28. The van der Waals surface area contributed by atoms with Crippen LogP contribution in [-0.4, -0.2) is 23.6 Å². The van der Waals surface area contributed by atoms with Crippen LogP contribution in [0.2, 0.25) is 0 Å². The number of nitrogens with zero attached hydrogens (tertiary/aromatic N) is 2. The third-order valence-corrected chi connectivity index (χ3v) is 4.06. The summed E-state index contributed by atoms with van der Waals surface area (Å²) in [7, 11) is 0. The van der Waals surface area contributed by atoms with Crippen LogP contribution in [0, 0.1) is 5.92 Å². The van der Waals surface area contributed by atoms with Gasteiger partial charge in [-0.1, -0.05) is 20.3 Å². The van der Waals surface area contributed by atoms with Crippen molar-refractivity contribution in [3.8, 4) is 0 Å². The normalized spacial score (nSPS) is 13.3. The standard InChI is InChI=1S/C17H30BrN3/c1-7-13(3)12-21(8-2)16-14(9-15(18)11-19-16)10-20-17(4,5)6/h9,11,13,20H,7-8,10,12H2,1-6H3. The number of hydrogen-bond donors (Lipinski definition) is 1. The predicted molar refractivity (Wildman–Crippen MR) is 95.9 cm³/mol. The molecule has 0 amide bonds. The van der Waals surface area contributed by atoms with Gasteiger partial charge in [0.05, 0.1) is 0 Å². The van der Waals surface area contributed by atoms with E-state index in [9.17, 15) is 0 Å². The van der Waals surface area contributed by atoms with Crippen LogP contribution in [0.15, 0.2) is 16.7 Å². The first-order valence-corrected chi connectivity index (χ1v) is 8.70. The van der Waals surface area contributed by atoms with Crippen LogP contribution in [0.3, 0.4) is 0 Å². The van der Waals surface area contributed by atoms with Gasteiger partial charge in [0.15, 0.2) is 0 Å². The number of rotatable bonds is 7. The molecule has 0 saturated carbocycles. The lowest BCUT2D eigenvalue weighted by atomic mass is 10.1. The van der Waals surface area contributed by atoms with Gasteiger partial charge in [-0.2, -0.15) is 0 Å². The number of halogens is 1. The largest absolute Gasteiger partial charge is 0.356 e. The second-order valence-electron chi connectivity index (χ2n) is 6.79. The molecular weight excluding hydrogens is 326 g/mol. The molecule has 0 aliphatic rings. The molecule has 0 radical (unpaired) electrons. The maximum Gasteiger partial charge on any atom is 0.133 e. The second-order valence-corrected chi connectivity index (χ2v) is 7.71.